The predicted octanol–water partition coefficient (Wildman–Crippen LogP) is 2.88. The number of nitrogens with zero attached hydrogens (tertiary/aromatic N) is 1. The van der Waals surface area contributed by atoms with E-state index in [1.807, 2.05) is 0 Å². The van der Waals surface area contributed by atoms with Gasteiger partial charge in [-0.25, -0.2) is 0 Å². The van der Waals surface area contributed by atoms with Gasteiger partial charge in [0.05, 0.1) is 0 Å². The zero-order chi connectivity index (χ0) is 8.97. The van der Waals surface area contributed by atoms with E-state index < -0.39 is 0 Å². The molecule has 0 bridgehead atoms. The highest BCUT2D eigenvalue weighted by Crippen LogP contribution is 2.26. The van der Waals surface area contributed by atoms with Crippen molar-refractivity contribution < 1.29 is 0 Å². The first kappa shape index (κ1) is 10.3. The van der Waals surface area contributed by atoms with E-state index in [0.717, 1.165) is 0 Å². The van der Waals surface area contributed by atoms with Gasteiger partial charge >= 0.3 is 0 Å². The van der Waals surface area contributed by atoms with Gasteiger partial charge in [0.2, 0.25) is 0 Å². The van der Waals surface area contributed by atoms with Gasteiger partial charge in [0, 0.05) is 11.4 Å². The maximum atomic E-state index is 6.27. The number of alkyl halides is 1. The molecule has 1 aliphatic carbocycles. The molecule has 72 valence electrons. The molecule has 2 atom stereocenters. The molecule has 0 aromatic heterocycles. The SMILES string of the molecule is CCCN(C)C1CCCCC1Cl. The third kappa shape index (κ3) is 2.63. The highest BCUT2D eigenvalue weighted by Gasteiger charge is 2.25. The fraction of sp³-hybridized carbons (Fsp3) is 1.00. The third-order valence-corrected chi connectivity index (χ3v) is 3.30. The Bertz CT molecular complexity index is 127. The van der Waals surface area contributed by atoms with Crippen LogP contribution in [-0.2, 0) is 0 Å². The van der Waals surface area contributed by atoms with Crippen LogP contribution in [0.3, 0.4) is 0 Å². The predicted molar refractivity (Wildman–Crippen MR) is 54.8 cm³/mol. The molecule has 0 aromatic carbocycles. The molecule has 1 fully saturated rings. The van der Waals surface area contributed by atoms with Crippen LogP contribution >= 0.6 is 11.6 Å². The normalized spacial score (nSPS) is 31.0. The summed E-state index contributed by atoms with van der Waals surface area (Å²) in [6.45, 7) is 3.41. The van der Waals surface area contributed by atoms with E-state index in [1.165, 1.54) is 38.6 Å². The molecule has 0 N–H and O–H groups in total. The summed E-state index contributed by atoms with van der Waals surface area (Å²) in [5.41, 5.74) is 0. The van der Waals surface area contributed by atoms with E-state index in [9.17, 15) is 0 Å². The molecular formula is C10H20ClN. The molecular weight excluding hydrogens is 170 g/mol. The summed E-state index contributed by atoms with van der Waals surface area (Å²) in [5, 5.41) is 0.398. The summed E-state index contributed by atoms with van der Waals surface area (Å²) in [5.74, 6) is 0. The summed E-state index contributed by atoms with van der Waals surface area (Å²) in [7, 11) is 2.20. The molecule has 2 unspecified atom stereocenters. The van der Waals surface area contributed by atoms with Crippen molar-refractivity contribution in [1.82, 2.24) is 4.90 Å². The monoisotopic (exact) mass is 189 g/mol. The first-order valence-electron chi connectivity index (χ1n) is 5.10. The molecule has 1 nitrogen and oxygen atoms in total. The number of hydrogen-bond donors (Lipinski definition) is 0. The van der Waals surface area contributed by atoms with Crippen LogP contribution in [0, 0.1) is 0 Å². The lowest BCUT2D eigenvalue weighted by Crippen LogP contribution is -2.41. The number of hydrogen-bond acceptors (Lipinski definition) is 1. The molecule has 0 spiro atoms. The Balaban J connectivity index is 2.36. The molecule has 2 heteroatoms. The minimum Gasteiger partial charge on any atom is -0.302 e. The van der Waals surface area contributed by atoms with Gasteiger partial charge in [-0.2, -0.15) is 0 Å². The Morgan fingerprint density at radius 2 is 2.00 bits per heavy atom. The van der Waals surface area contributed by atoms with E-state index in [0.29, 0.717) is 11.4 Å². The molecule has 0 heterocycles. The Hall–Kier alpha value is 0.250. The van der Waals surface area contributed by atoms with Crippen molar-refractivity contribution in [2.75, 3.05) is 13.6 Å². The third-order valence-electron chi connectivity index (χ3n) is 2.79. The molecule has 0 saturated heterocycles. The van der Waals surface area contributed by atoms with Gasteiger partial charge < -0.3 is 4.90 Å². The van der Waals surface area contributed by atoms with Crippen LogP contribution in [0.25, 0.3) is 0 Å². The first-order chi connectivity index (χ1) is 5.75. The van der Waals surface area contributed by atoms with Gasteiger partial charge in [-0.15, -0.1) is 11.6 Å². The summed E-state index contributed by atoms with van der Waals surface area (Å²) >= 11 is 6.27. The van der Waals surface area contributed by atoms with Crippen molar-refractivity contribution >= 4 is 11.6 Å². The second-order valence-corrected chi connectivity index (χ2v) is 4.41. The summed E-state index contributed by atoms with van der Waals surface area (Å²) in [6, 6.07) is 0.639. The molecule has 1 saturated carbocycles. The number of halogens is 1. The van der Waals surface area contributed by atoms with Crippen molar-refractivity contribution in [3.8, 4) is 0 Å². The van der Waals surface area contributed by atoms with Crippen molar-refractivity contribution in [2.24, 2.45) is 0 Å². The summed E-state index contributed by atoms with van der Waals surface area (Å²) in [4.78, 5) is 2.43. The minimum atomic E-state index is 0.398. The van der Waals surface area contributed by atoms with Gasteiger partial charge in [0.1, 0.15) is 0 Å². The van der Waals surface area contributed by atoms with Gasteiger partial charge in [-0.3, -0.25) is 0 Å². The second kappa shape index (κ2) is 5.08. The van der Waals surface area contributed by atoms with E-state index >= 15 is 0 Å². The van der Waals surface area contributed by atoms with Crippen molar-refractivity contribution in [3.63, 3.8) is 0 Å². The van der Waals surface area contributed by atoms with E-state index in [2.05, 4.69) is 18.9 Å². The Morgan fingerprint density at radius 1 is 1.33 bits per heavy atom. The molecule has 1 aliphatic rings. The highest BCUT2D eigenvalue weighted by atomic mass is 35.5. The van der Waals surface area contributed by atoms with E-state index in [4.69, 9.17) is 11.6 Å². The topological polar surface area (TPSA) is 3.24 Å². The van der Waals surface area contributed by atoms with Crippen LogP contribution in [0.5, 0.6) is 0 Å². The van der Waals surface area contributed by atoms with E-state index in [-0.39, 0.29) is 0 Å². The average Bonchev–Trinajstić information content (AvgIpc) is 2.05. The van der Waals surface area contributed by atoms with E-state index in [1.54, 1.807) is 0 Å². The number of rotatable bonds is 3. The zero-order valence-electron chi connectivity index (χ0n) is 8.22. The quantitative estimate of drug-likeness (QED) is 0.618. The highest BCUT2D eigenvalue weighted by molar-refractivity contribution is 6.21. The average molecular weight is 190 g/mol. The Morgan fingerprint density at radius 3 is 2.58 bits per heavy atom. The van der Waals surface area contributed by atoms with Gasteiger partial charge in [-0.1, -0.05) is 19.8 Å². The van der Waals surface area contributed by atoms with Crippen LogP contribution in [0.15, 0.2) is 0 Å². The van der Waals surface area contributed by atoms with Gasteiger partial charge in [-0.05, 0) is 32.9 Å². The van der Waals surface area contributed by atoms with Crippen LogP contribution in [0.2, 0.25) is 0 Å². The maximum Gasteiger partial charge on any atom is 0.0491 e. The van der Waals surface area contributed by atoms with Gasteiger partial charge in [0.15, 0.2) is 0 Å². The lowest BCUT2D eigenvalue weighted by molar-refractivity contribution is 0.196. The largest absolute Gasteiger partial charge is 0.302 e. The molecule has 0 aliphatic heterocycles. The Labute approximate surface area is 81.1 Å². The molecule has 0 aromatic rings. The lowest BCUT2D eigenvalue weighted by atomic mass is 9.94. The van der Waals surface area contributed by atoms with Gasteiger partial charge in [0.25, 0.3) is 0 Å². The van der Waals surface area contributed by atoms with Crippen LogP contribution < -0.4 is 0 Å². The summed E-state index contributed by atoms with van der Waals surface area (Å²) in [6.07, 6.45) is 6.42. The first-order valence-corrected chi connectivity index (χ1v) is 5.53. The molecule has 1 rings (SSSR count). The van der Waals surface area contributed by atoms with Crippen LogP contribution in [0.1, 0.15) is 39.0 Å². The van der Waals surface area contributed by atoms with Crippen molar-refractivity contribution in [1.29, 1.82) is 0 Å². The smallest absolute Gasteiger partial charge is 0.0491 e. The van der Waals surface area contributed by atoms with Crippen LogP contribution in [-0.4, -0.2) is 29.9 Å². The zero-order valence-corrected chi connectivity index (χ0v) is 8.98. The standard InChI is InChI=1S/C10H20ClN/c1-3-8-12(2)10-7-5-4-6-9(10)11/h9-10H,3-8H2,1-2H3. The fourth-order valence-electron chi connectivity index (χ4n) is 2.08. The minimum absolute atomic E-state index is 0.398. The summed E-state index contributed by atoms with van der Waals surface area (Å²) < 4.78 is 0. The Kier molecular flexibility index (Phi) is 4.38. The van der Waals surface area contributed by atoms with Crippen molar-refractivity contribution in [3.05, 3.63) is 0 Å². The molecule has 12 heavy (non-hydrogen) atoms. The van der Waals surface area contributed by atoms with Crippen molar-refractivity contribution in [2.45, 2.75) is 50.4 Å². The maximum absolute atomic E-state index is 6.27. The molecule has 0 radical (unpaired) electrons. The second-order valence-electron chi connectivity index (χ2n) is 3.85. The fourth-order valence-corrected chi connectivity index (χ4v) is 2.55. The van der Waals surface area contributed by atoms with Crippen LogP contribution in [0.4, 0.5) is 0 Å². The lowest BCUT2D eigenvalue weighted by Gasteiger charge is -2.34. The molecule has 0 amide bonds.